The van der Waals surface area contributed by atoms with Gasteiger partial charge in [-0.1, -0.05) is 44.0 Å². The van der Waals surface area contributed by atoms with Gasteiger partial charge in [0.25, 0.3) is 5.91 Å². The molecule has 1 amide bonds. The molecule has 3 aromatic rings. The van der Waals surface area contributed by atoms with Gasteiger partial charge in [-0.3, -0.25) is 9.59 Å². The van der Waals surface area contributed by atoms with E-state index < -0.39 is 23.5 Å². The lowest BCUT2D eigenvalue weighted by atomic mass is 9.94. The Balaban J connectivity index is 1.57. The molecule has 2 aliphatic rings. The summed E-state index contributed by atoms with van der Waals surface area (Å²) in [5.41, 5.74) is 1.24. The van der Waals surface area contributed by atoms with Gasteiger partial charge in [-0.15, -0.1) is 0 Å². The highest BCUT2D eigenvalue weighted by Gasteiger charge is 2.47. The quantitative estimate of drug-likeness (QED) is 0.417. The Morgan fingerprint density at radius 3 is 2.57 bits per heavy atom. The van der Waals surface area contributed by atoms with Crippen LogP contribution in [0, 0.1) is 0 Å². The molecular formula is C28H29NO6. The number of Topliss-reactive ketones (excluding diaryl/α,β-unsaturated/α-hetero) is 1. The van der Waals surface area contributed by atoms with Gasteiger partial charge in [0, 0.05) is 11.4 Å². The molecule has 0 saturated heterocycles. The lowest BCUT2D eigenvalue weighted by Gasteiger charge is -2.32. The first-order valence-corrected chi connectivity index (χ1v) is 12.1. The van der Waals surface area contributed by atoms with Crippen molar-refractivity contribution >= 4 is 22.7 Å². The van der Waals surface area contributed by atoms with Crippen molar-refractivity contribution in [3.63, 3.8) is 0 Å². The van der Waals surface area contributed by atoms with Crippen molar-refractivity contribution in [1.29, 1.82) is 0 Å². The first-order chi connectivity index (χ1) is 17.0. The van der Waals surface area contributed by atoms with Crippen molar-refractivity contribution in [2.75, 3.05) is 13.7 Å². The molecule has 2 aromatic carbocycles. The Hall–Kier alpha value is -3.74. The summed E-state index contributed by atoms with van der Waals surface area (Å²) in [6.07, 6.45) is 4.61. The summed E-state index contributed by atoms with van der Waals surface area (Å²) in [4.78, 5) is 28.7. The summed E-state index contributed by atoms with van der Waals surface area (Å²) in [6, 6.07) is 13.7. The fraction of sp³-hybridized carbons (Fsp3) is 0.357. The summed E-state index contributed by atoms with van der Waals surface area (Å²) in [7, 11) is 1.53. The summed E-state index contributed by atoms with van der Waals surface area (Å²) >= 11 is 0. The molecule has 1 N–H and O–H groups in total. The van der Waals surface area contributed by atoms with Gasteiger partial charge in [0.15, 0.2) is 22.9 Å². The molecule has 35 heavy (non-hydrogen) atoms. The molecule has 1 fully saturated rings. The van der Waals surface area contributed by atoms with Gasteiger partial charge in [0.1, 0.15) is 5.75 Å². The van der Waals surface area contributed by atoms with Crippen LogP contribution < -0.4 is 9.47 Å². The van der Waals surface area contributed by atoms with Crippen LogP contribution in [-0.4, -0.2) is 41.5 Å². The highest BCUT2D eigenvalue weighted by Crippen LogP contribution is 2.44. The monoisotopic (exact) mass is 475 g/mol. The van der Waals surface area contributed by atoms with E-state index in [0.29, 0.717) is 23.3 Å². The topological polar surface area (TPSA) is 89.2 Å². The van der Waals surface area contributed by atoms with Crippen LogP contribution in [0.15, 0.2) is 64.3 Å². The summed E-state index contributed by atoms with van der Waals surface area (Å²) in [5, 5.41) is 11.7. The number of benzene rings is 2. The number of ketones is 1. The number of ether oxygens (including phenoxy) is 2. The second-order valence-corrected chi connectivity index (χ2v) is 9.05. The molecule has 5 rings (SSSR count). The molecular weight excluding hydrogens is 446 g/mol. The van der Waals surface area contributed by atoms with Crippen LogP contribution in [0.3, 0.4) is 0 Å². The van der Waals surface area contributed by atoms with E-state index in [-0.39, 0.29) is 17.4 Å². The highest BCUT2D eigenvalue weighted by molar-refractivity contribution is 6.16. The Morgan fingerprint density at radius 2 is 1.89 bits per heavy atom. The molecule has 0 radical (unpaired) electrons. The van der Waals surface area contributed by atoms with Gasteiger partial charge < -0.3 is 23.9 Å². The third-order valence-corrected chi connectivity index (χ3v) is 6.83. The van der Waals surface area contributed by atoms with Crippen molar-refractivity contribution in [1.82, 2.24) is 4.90 Å². The fourth-order valence-electron chi connectivity index (χ4n) is 5.15. The SMILES string of the molecule is CCCOc1ccc(C2C(C(=O)c3cc4cccc(OC)c4o3)=C(O)C(=O)N2C2CCCC2)cc1. The molecule has 7 nitrogen and oxygen atoms in total. The Morgan fingerprint density at radius 1 is 1.14 bits per heavy atom. The number of aliphatic hydroxyl groups is 1. The molecule has 0 bridgehead atoms. The summed E-state index contributed by atoms with van der Waals surface area (Å²) in [5.74, 6) is -0.242. The number of nitrogens with zero attached hydrogens (tertiary/aromatic N) is 1. The molecule has 1 saturated carbocycles. The lowest BCUT2D eigenvalue weighted by Crippen LogP contribution is -2.38. The standard InChI is InChI=1S/C28H29NO6/c1-3-15-34-20-13-11-17(12-14-20)24-23(26(31)28(32)29(24)19-8-4-5-9-19)25(30)22-16-18-7-6-10-21(33-2)27(18)35-22/h6-7,10-14,16,19,24,31H,3-5,8-9,15H2,1-2H3. The third-order valence-electron chi connectivity index (χ3n) is 6.83. The number of carbonyl (C=O) groups is 2. The Kier molecular flexibility index (Phi) is 6.24. The van der Waals surface area contributed by atoms with E-state index in [1.54, 1.807) is 17.0 Å². The van der Waals surface area contributed by atoms with Crippen molar-refractivity contribution in [3.05, 3.63) is 71.2 Å². The van der Waals surface area contributed by atoms with E-state index in [0.717, 1.165) is 43.4 Å². The third kappa shape index (κ3) is 4.05. The van der Waals surface area contributed by atoms with Gasteiger partial charge in [0.05, 0.1) is 25.3 Å². The largest absolute Gasteiger partial charge is 0.503 e. The number of fused-ring (bicyclic) bond motifs is 1. The van der Waals surface area contributed by atoms with E-state index in [9.17, 15) is 14.7 Å². The molecule has 1 atom stereocenters. The molecule has 0 spiro atoms. The maximum atomic E-state index is 13.8. The molecule has 1 aromatic heterocycles. The number of hydrogen-bond acceptors (Lipinski definition) is 6. The fourth-order valence-corrected chi connectivity index (χ4v) is 5.15. The second-order valence-electron chi connectivity index (χ2n) is 9.05. The molecule has 1 aliphatic carbocycles. The smallest absolute Gasteiger partial charge is 0.290 e. The Labute approximate surface area is 203 Å². The predicted octanol–water partition coefficient (Wildman–Crippen LogP) is 5.75. The van der Waals surface area contributed by atoms with Gasteiger partial charge in [-0.2, -0.15) is 0 Å². The number of furan rings is 1. The van der Waals surface area contributed by atoms with Crippen LogP contribution >= 0.6 is 0 Å². The van der Waals surface area contributed by atoms with E-state index in [1.165, 1.54) is 7.11 Å². The van der Waals surface area contributed by atoms with Crippen LogP contribution in [0.5, 0.6) is 11.5 Å². The summed E-state index contributed by atoms with van der Waals surface area (Å²) < 4.78 is 16.9. The minimum Gasteiger partial charge on any atom is -0.503 e. The van der Waals surface area contributed by atoms with Gasteiger partial charge in [0.2, 0.25) is 5.78 Å². The van der Waals surface area contributed by atoms with E-state index in [1.807, 2.05) is 43.3 Å². The van der Waals surface area contributed by atoms with E-state index >= 15 is 0 Å². The van der Waals surface area contributed by atoms with Crippen molar-refractivity contribution < 1.29 is 28.6 Å². The molecule has 1 unspecified atom stereocenters. The van der Waals surface area contributed by atoms with Crippen molar-refractivity contribution in [2.45, 2.75) is 51.1 Å². The lowest BCUT2D eigenvalue weighted by molar-refractivity contribution is -0.131. The first-order valence-electron chi connectivity index (χ1n) is 12.1. The number of amides is 1. The van der Waals surface area contributed by atoms with Crippen LogP contribution in [-0.2, 0) is 4.79 Å². The Bertz CT molecular complexity index is 1280. The zero-order valence-corrected chi connectivity index (χ0v) is 20.0. The second kappa shape index (κ2) is 9.49. The zero-order valence-electron chi connectivity index (χ0n) is 20.0. The number of aliphatic hydroxyl groups excluding tert-OH is 1. The number of hydrogen-bond donors (Lipinski definition) is 1. The van der Waals surface area contributed by atoms with Crippen molar-refractivity contribution in [3.8, 4) is 11.5 Å². The number of rotatable bonds is 8. The molecule has 2 heterocycles. The van der Waals surface area contributed by atoms with Gasteiger partial charge >= 0.3 is 0 Å². The average Bonchev–Trinajstić information content (AvgIpc) is 3.61. The number of methoxy groups -OCH3 is 1. The maximum absolute atomic E-state index is 13.8. The zero-order chi connectivity index (χ0) is 24.5. The number of para-hydroxylation sites is 1. The van der Waals surface area contributed by atoms with Crippen LogP contribution in [0.25, 0.3) is 11.0 Å². The normalized spacial score (nSPS) is 18.6. The van der Waals surface area contributed by atoms with Crippen LogP contribution in [0.1, 0.15) is 61.2 Å². The molecule has 7 heteroatoms. The van der Waals surface area contributed by atoms with E-state index in [2.05, 4.69) is 0 Å². The van der Waals surface area contributed by atoms with Crippen LogP contribution in [0.2, 0.25) is 0 Å². The maximum Gasteiger partial charge on any atom is 0.290 e. The van der Waals surface area contributed by atoms with Crippen molar-refractivity contribution in [2.24, 2.45) is 0 Å². The average molecular weight is 476 g/mol. The van der Waals surface area contributed by atoms with Gasteiger partial charge in [-0.25, -0.2) is 0 Å². The summed E-state index contributed by atoms with van der Waals surface area (Å²) in [6.45, 7) is 2.65. The minimum atomic E-state index is -0.701. The predicted molar refractivity (Wildman–Crippen MR) is 131 cm³/mol. The minimum absolute atomic E-state index is 0.0354. The van der Waals surface area contributed by atoms with Crippen LogP contribution in [0.4, 0.5) is 0 Å². The first kappa shape index (κ1) is 23.0. The van der Waals surface area contributed by atoms with E-state index in [4.69, 9.17) is 13.9 Å². The molecule has 182 valence electrons. The highest BCUT2D eigenvalue weighted by atomic mass is 16.5. The molecule has 1 aliphatic heterocycles. The van der Waals surface area contributed by atoms with Gasteiger partial charge in [-0.05, 0) is 49.1 Å². The number of carbonyl (C=O) groups excluding carboxylic acids is 2.